The Balaban J connectivity index is 0. The molecule has 0 heterocycles. The van der Waals surface area contributed by atoms with Crippen molar-refractivity contribution in [1.29, 1.82) is 0 Å². The van der Waals surface area contributed by atoms with E-state index in [4.69, 9.17) is 9.59 Å². The van der Waals surface area contributed by atoms with Crippen LogP contribution in [0, 0.1) is 0 Å². The molecule has 0 atom stereocenters. The van der Waals surface area contributed by atoms with Crippen LogP contribution in [0.3, 0.4) is 0 Å². The van der Waals surface area contributed by atoms with Gasteiger partial charge in [0.15, 0.2) is 0 Å². The molecule has 0 amide bonds. The van der Waals surface area contributed by atoms with Crippen molar-refractivity contribution in [3.8, 4) is 0 Å². The summed E-state index contributed by atoms with van der Waals surface area (Å²) in [7, 11) is -0.877. The van der Waals surface area contributed by atoms with Crippen LogP contribution >= 0.6 is 7.92 Å². The molecule has 2 radical (unpaired) electrons. The third-order valence-electron chi connectivity index (χ3n) is 4.30. The van der Waals surface area contributed by atoms with Crippen molar-refractivity contribution in [3.05, 3.63) is 152 Å². The Morgan fingerprint density at radius 3 is 0.886 bits per heavy atom. The Morgan fingerprint density at radius 1 is 0.429 bits per heavy atom. The van der Waals surface area contributed by atoms with E-state index in [1.165, 1.54) is 15.9 Å². The number of carbonyl (C=O) groups excluding carboxylic acids is 2. The molecular weight excluding hydrogens is 629 g/mol. The molecule has 5 heteroatoms. The average molecular weight is 657 g/mol. The van der Waals surface area contributed by atoms with E-state index < -0.39 is 7.92 Å². The van der Waals surface area contributed by atoms with Crippen LogP contribution in [-0.2, 0) is 48.5 Å². The van der Waals surface area contributed by atoms with Crippen LogP contribution in [0.1, 0.15) is 0 Å². The van der Waals surface area contributed by atoms with E-state index in [1.54, 1.807) is 0 Å². The van der Waals surface area contributed by atoms with Gasteiger partial charge < -0.3 is 39.9 Å². The average Bonchev–Trinajstić information content (AvgIpc) is 3.69. The van der Waals surface area contributed by atoms with Crippen LogP contribution < -0.4 is 15.9 Å². The van der Waals surface area contributed by atoms with Crippen LogP contribution in [0.4, 0.5) is 0 Å². The van der Waals surface area contributed by atoms with Gasteiger partial charge in [0.1, 0.15) is 15.9 Å². The van der Waals surface area contributed by atoms with Gasteiger partial charge in [-0.1, -0.05) is 54.6 Å². The van der Waals surface area contributed by atoms with E-state index in [2.05, 4.69) is 105 Å². The van der Waals surface area contributed by atoms with Crippen LogP contribution in [0.5, 0.6) is 0 Å². The van der Waals surface area contributed by atoms with Crippen molar-refractivity contribution in [1.82, 2.24) is 0 Å². The fraction of sp³-hybridized carbons (Fsp3) is 0. The molecule has 0 unspecified atom stereocenters. The minimum absolute atomic E-state index is 0. The minimum atomic E-state index is -0.877. The zero-order chi connectivity index (χ0) is 24.0. The van der Waals surface area contributed by atoms with Crippen molar-refractivity contribution in [2.45, 2.75) is 0 Å². The van der Waals surface area contributed by atoms with Gasteiger partial charge in [-0.15, -0.1) is 0 Å². The fourth-order valence-electron chi connectivity index (χ4n) is 2.96. The van der Waals surface area contributed by atoms with Gasteiger partial charge in [0.25, 0.3) is 0 Å². The van der Waals surface area contributed by atoms with Gasteiger partial charge in [-0.2, -0.15) is 18.2 Å². The minimum Gasteiger partial charge on any atom is -0.748 e. The van der Waals surface area contributed by atoms with E-state index in [0.717, 1.165) is 0 Å². The molecule has 35 heavy (non-hydrogen) atoms. The van der Waals surface area contributed by atoms with Gasteiger partial charge in [-0.3, -0.25) is 13.6 Å². The van der Waals surface area contributed by atoms with Crippen molar-refractivity contribution < 1.29 is 48.5 Å². The molecule has 0 aliphatic carbocycles. The standard InChI is InChI=1S/C18H15P.2C5H5.2CHO.2Rh/c1-4-10-16(11-5-1)19(17-12-6-2-7-13-17)18-14-8-3-9-15-18;2*1-2-4-5-3-1;2*1-2;;/h1-15H;2*1-5H;2*1H;;/q;-5;3*-1;;/p+1. The normalized spacial score (nSPS) is 8.26. The molecule has 5 aromatic rings. The SMILES string of the molecule is [CH-]=O.[CH-]=O.[Rh].[Rh].[cH-]1[cH-][cH-][cH-][cH-]1.c1cc[cH-]c1.c1ccc([PH+](c2ccccc2)c2ccccc2)cc1. The van der Waals surface area contributed by atoms with Gasteiger partial charge in [-0.25, -0.2) is 12.1 Å². The molecule has 0 N–H and O–H groups in total. The molecule has 190 valence electrons. The van der Waals surface area contributed by atoms with Crippen LogP contribution in [0.25, 0.3) is 0 Å². The maximum absolute atomic E-state index is 7.75. The summed E-state index contributed by atoms with van der Waals surface area (Å²) in [6.07, 6.45) is 0. The van der Waals surface area contributed by atoms with E-state index in [1.807, 2.05) is 60.7 Å². The first-order valence-corrected chi connectivity index (χ1v) is 11.8. The summed E-state index contributed by atoms with van der Waals surface area (Å²) in [5.41, 5.74) is 0. The van der Waals surface area contributed by atoms with E-state index in [9.17, 15) is 0 Å². The molecule has 5 aromatic carbocycles. The van der Waals surface area contributed by atoms with Crippen molar-refractivity contribution in [2.75, 3.05) is 0 Å². The Morgan fingerprint density at radius 2 is 0.686 bits per heavy atom. The van der Waals surface area contributed by atoms with Gasteiger partial charge in [-0.05, 0) is 36.4 Å². The zero-order valence-electron chi connectivity index (χ0n) is 19.1. The van der Waals surface area contributed by atoms with Crippen LogP contribution in [0.15, 0.2) is 152 Å². The van der Waals surface area contributed by atoms with Gasteiger partial charge >= 0.3 is 0 Å². The predicted octanol–water partition coefficient (Wildman–Crippen LogP) is 5.43. The van der Waals surface area contributed by atoms with Crippen molar-refractivity contribution in [3.63, 3.8) is 0 Å². The number of hydrogen-bond donors (Lipinski definition) is 0. The van der Waals surface area contributed by atoms with E-state index >= 15 is 0 Å². The Hall–Kier alpha value is -2.62. The summed E-state index contributed by atoms with van der Waals surface area (Å²) < 4.78 is 0. The first-order valence-electron chi connectivity index (χ1n) is 10.3. The van der Waals surface area contributed by atoms with Crippen molar-refractivity contribution in [2.24, 2.45) is 0 Å². The third kappa shape index (κ3) is 14.4. The number of hydrogen-bond acceptors (Lipinski definition) is 2. The first kappa shape index (κ1) is 34.5. The van der Waals surface area contributed by atoms with Crippen molar-refractivity contribution >= 4 is 37.4 Å². The topological polar surface area (TPSA) is 34.1 Å². The predicted molar refractivity (Wildman–Crippen MR) is 144 cm³/mol. The maximum atomic E-state index is 7.75. The molecule has 0 saturated heterocycles. The molecule has 0 aliphatic rings. The first-order chi connectivity index (χ1) is 16.4. The van der Waals surface area contributed by atoms with Crippen LogP contribution in [0.2, 0.25) is 0 Å². The van der Waals surface area contributed by atoms with Crippen LogP contribution in [-0.4, -0.2) is 13.6 Å². The summed E-state index contributed by atoms with van der Waals surface area (Å²) in [4.78, 5) is 15.5. The third-order valence-corrected chi connectivity index (χ3v) is 7.03. The molecule has 0 bridgehead atoms. The maximum Gasteiger partial charge on any atom is 0.102 e. The second kappa shape index (κ2) is 24.5. The second-order valence-corrected chi connectivity index (χ2v) is 8.88. The summed E-state index contributed by atoms with van der Waals surface area (Å²) in [6.45, 7) is 6.50. The number of rotatable bonds is 3. The Bertz CT molecular complexity index is 867. The Kier molecular flexibility index (Phi) is 24.2. The summed E-state index contributed by atoms with van der Waals surface area (Å²) in [5.74, 6) is 0. The summed E-state index contributed by atoms with van der Waals surface area (Å²) in [5, 5.41) is 4.31. The van der Waals surface area contributed by atoms with E-state index in [0.29, 0.717) is 0 Å². The fourth-order valence-corrected chi connectivity index (χ4v) is 5.53. The molecule has 0 saturated carbocycles. The quantitative estimate of drug-likeness (QED) is 0.112. The number of benzene rings is 3. The molecule has 0 aromatic heterocycles. The molecule has 0 fully saturated rings. The van der Waals surface area contributed by atoms with Gasteiger partial charge in [0.05, 0.1) is 7.92 Å². The smallest absolute Gasteiger partial charge is 0.102 e. The van der Waals surface area contributed by atoms with E-state index in [-0.39, 0.29) is 39.0 Å². The monoisotopic (exact) mass is 657 g/mol. The molecular formula is C30H28O2PRh2-7. The molecule has 2 nitrogen and oxygen atoms in total. The summed E-state index contributed by atoms with van der Waals surface area (Å²) in [6, 6.07) is 52.5. The second-order valence-electron chi connectivity index (χ2n) is 6.40. The molecule has 0 spiro atoms. The molecule has 0 aliphatic heterocycles. The zero-order valence-corrected chi connectivity index (χ0v) is 23.3. The Labute approximate surface area is 236 Å². The summed E-state index contributed by atoms with van der Waals surface area (Å²) >= 11 is 0. The largest absolute Gasteiger partial charge is 0.748 e. The molecule has 5 rings (SSSR count). The van der Waals surface area contributed by atoms with Gasteiger partial charge in [0, 0.05) is 39.0 Å². The van der Waals surface area contributed by atoms with Gasteiger partial charge in [0.2, 0.25) is 0 Å².